The minimum absolute atomic E-state index is 0.386. The van der Waals surface area contributed by atoms with Gasteiger partial charge in [-0.25, -0.2) is 0 Å². The molecule has 3 atom stereocenters. The van der Waals surface area contributed by atoms with Crippen molar-refractivity contribution in [3.63, 3.8) is 0 Å². The Bertz CT molecular complexity index is 328. The molecule has 0 aromatic heterocycles. The zero-order chi connectivity index (χ0) is 9.54. The van der Waals surface area contributed by atoms with Gasteiger partial charge < -0.3 is 5.11 Å². The molecule has 0 aliphatic heterocycles. The predicted octanol–water partition coefficient (Wildman–Crippen LogP) is 3.30. The first-order valence-electron chi connectivity index (χ1n) is 5.62. The fourth-order valence-electron chi connectivity index (χ4n) is 3.37. The third-order valence-corrected chi connectivity index (χ3v) is 4.06. The van der Waals surface area contributed by atoms with Gasteiger partial charge in [-0.3, -0.25) is 0 Å². The fraction of sp³-hybridized carbons (Fsp3) is 0.538. The number of hydrogen-bond donors (Lipinski definition) is 1. The average molecular weight is 188 g/mol. The van der Waals surface area contributed by atoms with Crippen molar-refractivity contribution in [3.05, 3.63) is 29.8 Å². The summed E-state index contributed by atoms with van der Waals surface area (Å²) in [7, 11) is 0. The molecular weight excluding hydrogens is 172 g/mol. The lowest BCUT2D eigenvalue weighted by molar-refractivity contribution is 0.419. The first kappa shape index (κ1) is 8.34. The molecule has 2 aliphatic carbocycles. The van der Waals surface area contributed by atoms with E-state index in [1.165, 1.54) is 31.2 Å². The number of benzene rings is 1. The summed E-state index contributed by atoms with van der Waals surface area (Å²) in [5.74, 6) is 3.11. The molecule has 74 valence electrons. The predicted molar refractivity (Wildman–Crippen MR) is 56.3 cm³/mol. The van der Waals surface area contributed by atoms with E-state index in [1.807, 2.05) is 12.1 Å². The van der Waals surface area contributed by atoms with Crippen molar-refractivity contribution in [2.45, 2.75) is 31.6 Å². The highest BCUT2D eigenvalue weighted by atomic mass is 16.3. The van der Waals surface area contributed by atoms with E-state index in [2.05, 4.69) is 12.1 Å². The topological polar surface area (TPSA) is 20.2 Å². The van der Waals surface area contributed by atoms with Gasteiger partial charge in [0.2, 0.25) is 0 Å². The lowest BCUT2D eigenvalue weighted by Gasteiger charge is -2.21. The van der Waals surface area contributed by atoms with Crippen LogP contribution in [-0.4, -0.2) is 5.11 Å². The summed E-state index contributed by atoms with van der Waals surface area (Å²) in [4.78, 5) is 0. The van der Waals surface area contributed by atoms with Gasteiger partial charge in [0.25, 0.3) is 0 Å². The van der Waals surface area contributed by atoms with E-state index < -0.39 is 0 Å². The van der Waals surface area contributed by atoms with Gasteiger partial charge in [0.15, 0.2) is 0 Å². The summed E-state index contributed by atoms with van der Waals surface area (Å²) in [6.45, 7) is 0. The number of hydrogen-bond acceptors (Lipinski definition) is 1. The van der Waals surface area contributed by atoms with Crippen molar-refractivity contribution >= 4 is 0 Å². The number of fused-ring (bicyclic) bond motifs is 2. The van der Waals surface area contributed by atoms with Gasteiger partial charge in [-0.05, 0) is 54.7 Å². The molecule has 2 bridgehead atoms. The largest absolute Gasteiger partial charge is 0.508 e. The molecule has 1 heteroatoms. The maximum Gasteiger partial charge on any atom is 0.115 e. The van der Waals surface area contributed by atoms with Gasteiger partial charge in [0.05, 0.1) is 0 Å². The highest BCUT2D eigenvalue weighted by Gasteiger charge is 2.39. The maximum atomic E-state index is 9.23. The maximum absolute atomic E-state index is 9.23. The Morgan fingerprint density at radius 2 is 1.79 bits per heavy atom. The van der Waals surface area contributed by atoms with E-state index in [1.54, 1.807) is 0 Å². The van der Waals surface area contributed by atoms with Gasteiger partial charge in [0, 0.05) is 0 Å². The molecule has 0 saturated heterocycles. The van der Waals surface area contributed by atoms with Crippen LogP contribution in [0.3, 0.4) is 0 Å². The fourth-order valence-corrected chi connectivity index (χ4v) is 3.37. The molecular formula is C13H16O. The van der Waals surface area contributed by atoms with Crippen LogP contribution in [0.15, 0.2) is 24.3 Å². The van der Waals surface area contributed by atoms with Crippen LogP contribution in [0.2, 0.25) is 0 Å². The Morgan fingerprint density at radius 1 is 1.00 bits per heavy atom. The van der Waals surface area contributed by atoms with Crippen molar-refractivity contribution in [3.8, 4) is 5.75 Å². The van der Waals surface area contributed by atoms with Crippen LogP contribution in [-0.2, 0) is 0 Å². The second-order valence-electron chi connectivity index (χ2n) is 4.87. The summed E-state index contributed by atoms with van der Waals surface area (Å²) >= 11 is 0. The Labute approximate surface area is 84.8 Å². The van der Waals surface area contributed by atoms with E-state index >= 15 is 0 Å². The molecule has 2 fully saturated rings. The molecule has 2 saturated carbocycles. The Hall–Kier alpha value is -0.980. The summed E-state index contributed by atoms with van der Waals surface area (Å²) in [5.41, 5.74) is 1.44. The van der Waals surface area contributed by atoms with Crippen LogP contribution in [0.25, 0.3) is 0 Å². The molecule has 0 radical (unpaired) electrons. The van der Waals surface area contributed by atoms with E-state index in [9.17, 15) is 5.11 Å². The molecule has 3 rings (SSSR count). The number of rotatable bonds is 1. The van der Waals surface area contributed by atoms with Gasteiger partial charge in [-0.2, -0.15) is 0 Å². The van der Waals surface area contributed by atoms with Gasteiger partial charge >= 0.3 is 0 Å². The Balaban J connectivity index is 1.86. The van der Waals surface area contributed by atoms with Crippen molar-refractivity contribution < 1.29 is 5.11 Å². The van der Waals surface area contributed by atoms with Crippen molar-refractivity contribution in [2.24, 2.45) is 11.8 Å². The first-order valence-corrected chi connectivity index (χ1v) is 5.62. The molecule has 1 nitrogen and oxygen atoms in total. The standard InChI is InChI=1S/C13H16O/c14-12-5-3-10(4-6-12)13-8-9-1-2-11(13)7-9/h3-6,9,11,13-14H,1-2,7-8H2/t9-,11+,13-/m1/s1. The smallest absolute Gasteiger partial charge is 0.115 e. The van der Waals surface area contributed by atoms with E-state index in [-0.39, 0.29) is 0 Å². The van der Waals surface area contributed by atoms with Crippen LogP contribution >= 0.6 is 0 Å². The first-order chi connectivity index (χ1) is 6.83. The number of aromatic hydroxyl groups is 1. The molecule has 14 heavy (non-hydrogen) atoms. The van der Waals surface area contributed by atoms with Crippen LogP contribution < -0.4 is 0 Å². The van der Waals surface area contributed by atoms with E-state index in [4.69, 9.17) is 0 Å². The Morgan fingerprint density at radius 3 is 2.36 bits per heavy atom. The summed E-state index contributed by atoms with van der Waals surface area (Å²) < 4.78 is 0. The minimum Gasteiger partial charge on any atom is -0.508 e. The highest BCUT2D eigenvalue weighted by molar-refractivity contribution is 5.30. The van der Waals surface area contributed by atoms with Gasteiger partial charge in [0.1, 0.15) is 5.75 Å². The SMILES string of the molecule is Oc1ccc([C@H]2C[C@@H]3CC[C@H]2C3)cc1. The Kier molecular flexibility index (Phi) is 1.79. The van der Waals surface area contributed by atoms with Gasteiger partial charge in [-0.1, -0.05) is 18.6 Å². The number of phenols is 1. The second-order valence-corrected chi connectivity index (χ2v) is 4.87. The molecule has 1 aromatic rings. The van der Waals surface area contributed by atoms with Crippen molar-refractivity contribution in [1.29, 1.82) is 0 Å². The monoisotopic (exact) mass is 188 g/mol. The van der Waals surface area contributed by atoms with Crippen molar-refractivity contribution in [1.82, 2.24) is 0 Å². The summed E-state index contributed by atoms with van der Waals surface area (Å²) in [6, 6.07) is 7.84. The van der Waals surface area contributed by atoms with Crippen LogP contribution in [0.1, 0.15) is 37.2 Å². The van der Waals surface area contributed by atoms with E-state index in [0.717, 1.165) is 17.8 Å². The second kappa shape index (κ2) is 3.01. The molecule has 1 N–H and O–H groups in total. The molecule has 1 aromatic carbocycles. The minimum atomic E-state index is 0.386. The highest BCUT2D eigenvalue weighted by Crippen LogP contribution is 2.52. The number of phenolic OH excluding ortho intramolecular Hbond substituents is 1. The third kappa shape index (κ3) is 1.23. The van der Waals surface area contributed by atoms with Gasteiger partial charge in [-0.15, -0.1) is 0 Å². The third-order valence-electron chi connectivity index (χ3n) is 4.06. The van der Waals surface area contributed by atoms with Crippen molar-refractivity contribution in [2.75, 3.05) is 0 Å². The van der Waals surface area contributed by atoms with E-state index in [0.29, 0.717) is 5.75 Å². The molecule has 0 spiro atoms. The molecule has 0 heterocycles. The van der Waals surface area contributed by atoms with Crippen LogP contribution in [0.4, 0.5) is 0 Å². The zero-order valence-electron chi connectivity index (χ0n) is 8.32. The average Bonchev–Trinajstić information content (AvgIpc) is 2.80. The normalized spacial score (nSPS) is 35.0. The van der Waals surface area contributed by atoms with Crippen LogP contribution in [0.5, 0.6) is 5.75 Å². The quantitative estimate of drug-likeness (QED) is 0.717. The summed E-state index contributed by atoms with van der Waals surface area (Å²) in [5, 5.41) is 9.23. The molecule has 0 amide bonds. The lowest BCUT2D eigenvalue weighted by Crippen LogP contribution is -2.07. The zero-order valence-corrected chi connectivity index (χ0v) is 8.32. The lowest BCUT2D eigenvalue weighted by atomic mass is 9.83. The molecule has 0 unspecified atom stereocenters. The molecule has 2 aliphatic rings. The van der Waals surface area contributed by atoms with Crippen LogP contribution in [0, 0.1) is 11.8 Å². The summed E-state index contributed by atoms with van der Waals surface area (Å²) in [6.07, 6.45) is 5.72.